The predicted octanol–water partition coefficient (Wildman–Crippen LogP) is -0.881. The first-order chi connectivity index (χ1) is 39.3. The number of carbonyl (C=O) groups is 5. The molecule has 8 rings (SSSR count). The zero-order valence-electron chi connectivity index (χ0n) is 45.1. The molecule has 6 amide bonds. The van der Waals surface area contributed by atoms with E-state index in [2.05, 4.69) is 51.2 Å². The Morgan fingerprint density at radius 3 is 2.12 bits per heavy atom. The molecule has 14 N–H and O–H groups in total. The molecule has 0 radical (unpaired) electrons. The summed E-state index contributed by atoms with van der Waals surface area (Å²) in [5.74, 6) is -1.35. The Morgan fingerprint density at radius 1 is 0.855 bits per heavy atom. The molecular formula is C45H63N17O19P2. The van der Waals surface area contributed by atoms with Crippen molar-refractivity contribution >= 4 is 85.5 Å². The fraction of sp³-hybridized carbons (Fsp3) is 0.533. The van der Waals surface area contributed by atoms with Gasteiger partial charge in [-0.3, -0.25) is 46.6 Å². The highest BCUT2D eigenvalue weighted by atomic mass is 31.2. The summed E-state index contributed by atoms with van der Waals surface area (Å²) in [7, 11) is -6.29. The third-order valence-corrected chi connectivity index (χ3v) is 15.3. The fourth-order valence-corrected chi connectivity index (χ4v) is 11.0. The molecular weight excluding hydrogens is 1140 g/mol. The molecule has 12 atom stereocenters. The molecule has 0 aliphatic carbocycles. The number of imidazole rings is 2. The highest BCUT2D eigenvalue weighted by molar-refractivity contribution is 7.47. The van der Waals surface area contributed by atoms with Gasteiger partial charge in [-0.15, -0.1) is 0 Å². The average Bonchev–Trinajstić information content (AvgIpc) is 2.70. The molecule has 2 unspecified atom stereocenters. The fourth-order valence-electron chi connectivity index (χ4n) is 9.10. The second-order valence-corrected chi connectivity index (χ2v) is 22.4. The molecule has 452 valence electrons. The van der Waals surface area contributed by atoms with Crippen molar-refractivity contribution < 1.29 is 85.0 Å². The number of nitrogens with two attached hydrogens (primary N) is 3. The number of ether oxygens (including phenoxy) is 4. The quantitative estimate of drug-likeness (QED) is 0.0375. The van der Waals surface area contributed by atoms with Gasteiger partial charge < -0.3 is 82.1 Å². The zero-order chi connectivity index (χ0) is 60.1. The first kappa shape index (κ1) is 61.6. The number of nitrogen functional groups attached to an aromatic ring is 2. The second-order valence-electron chi connectivity index (χ2n) is 19.6. The van der Waals surface area contributed by atoms with Gasteiger partial charge in [0.05, 0.1) is 31.9 Å². The summed E-state index contributed by atoms with van der Waals surface area (Å²) in [5, 5.41) is 22.4. The number of fused-ring (bicyclic) bond motifs is 4. The van der Waals surface area contributed by atoms with Crippen molar-refractivity contribution in [2.45, 2.75) is 94.5 Å². The number of aromatic nitrogens is 8. The van der Waals surface area contributed by atoms with Crippen LogP contribution in [0.3, 0.4) is 0 Å². The third-order valence-electron chi connectivity index (χ3n) is 13.4. The Balaban J connectivity index is 0.911. The van der Waals surface area contributed by atoms with E-state index in [-0.39, 0.29) is 78.6 Å². The van der Waals surface area contributed by atoms with Crippen LogP contribution in [0.5, 0.6) is 0 Å². The number of benzene rings is 1. The van der Waals surface area contributed by atoms with Gasteiger partial charge in [0.15, 0.2) is 41.2 Å². The Bertz CT molecular complexity index is 3330. The van der Waals surface area contributed by atoms with Crippen molar-refractivity contribution in [1.82, 2.24) is 64.8 Å². The van der Waals surface area contributed by atoms with Gasteiger partial charge in [0, 0.05) is 39.4 Å². The number of amides is 6. The summed E-state index contributed by atoms with van der Waals surface area (Å²) < 4.78 is 75.3. The van der Waals surface area contributed by atoms with E-state index in [1.807, 2.05) is 13.8 Å². The monoisotopic (exact) mass is 1210 g/mol. The van der Waals surface area contributed by atoms with E-state index in [0.717, 1.165) is 27.0 Å². The van der Waals surface area contributed by atoms with E-state index in [9.17, 15) is 52.8 Å². The lowest BCUT2D eigenvalue weighted by molar-refractivity contribution is -0.128. The number of primary amides is 1. The summed E-state index contributed by atoms with van der Waals surface area (Å²) in [4.78, 5) is 124. The average molecular weight is 1210 g/mol. The highest BCUT2D eigenvalue weighted by Gasteiger charge is 2.56. The van der Waals surface area contributed by atoms with Gasteiger partial charge in [0.2, 0.25) is 17.8 Å². The number of hydrogen-bond donors (Lipinski definition) is 11. The molecule has 0 spiro atoms. The minimum atomic E-state index is -5.36. The van der Waals surface area contributed by atoms with Crippen LogP contribution in [-0.2, 0) is 62.4 Å². The standard InChI is InChI=1S/C45H63N17O19P2/c1-21(2)27(49-3)38(65)56-24(7-6-12-50-43(48)67)37(64)55-23-10-8-22(9-11-23)15-74-44(68)59(4)13-14-60(5)45(69)79-33-32-26(78-41(33)61-19-53-28-34(46)51-18-52-35(28)61)17-76-82(70,71)80-31-25(16-75-83(72,73)81-32)77-40(30(31)63)62-20-54-29-36(62)57-42(47)58-39(29)66/h8-11,18-21,24-27,30-33,40-41,49,63H,6-7,12-17H2,1-5H3,(H,55,64)(H,56,65)(H,70,71)(H,72,73)(H2,46,51,52)(H3,48,50,67)(H3,47,57,58,66)/t24-,25+,26+,27-,30+,31+,32+,33+,40+,41+/m0/s1. The number of phosphoric acid groups is 2. The number of likely N-dealkylation sites (N-methyl/N-ethyl adjacent to an activating group) is 3. The summed E-state index contributed by atoms with van der Waals surface area (Å²) in [5.41, 5.74) is 16.8. The molecule has 3 aliphatic rings. The minimum absolute atomic E-state index is 0.0272. The second kappa shape index (κ2) is 26.0. The Hall–Kier alpha value is -7.47. The van der Waals surface area contributed by atoms with Gasteiger partial charge in [-0.25, -0.2) is 43.4 Å². The molecule has 5 aromatic rings. The molecule has 0 saturated carbocycles. The molecule has 3 fully saturated rings. The number of nitrogens with one attached hydrogen (secondary N) is 5. The van der Waals surface area contributed by atoms with Gasteiger partial charge in [-0.05, 0) is 43.5 Å². The van der Waals surface area contributed by atoms with Gasteiger partial charge >= 0.3 is 33.9 Å². The zero-order valence-corrected chi connectivity index (χ0v) is 46.9. The topological polar surface area (TPSA) is 494 Å². The van der Waals surface area contributed by atoms with Gasteiger partial charge in [-0.2, -0.15) is 4.98 Å². The Kier molecular flexibility index (Phi) is 19.3. The SMILES string of the molecule is CN[C@H](C(=O)N[C@@H](CCCNC(N)=O)C(=O)Nc1ccc(COC(=O)N(C)CCN(C)C(=O)O[C@@H]2[C@@H]3OP(=O)(O)OC[C@H]4O[C@@H](n5cnc6c(=O)[nH]c(N)nc65)[C@H](O)[C@@H]4OP(=O)(O)OC[C@H]3O[C@H]2n2cnc3c(N)ncnc32)cc1)C(C)C. The van der Waals surface area contributed by atoms with Crippen molar-refractivity contribution in [3.05, 3.63) is 59.2 Å². The summed E-state index contributed by atoms with van der Waals surface area (Å²) in [6.45, 7) is 1.43. The first-order valence-electron chi connectivity index (χ1n) is 25.5. The molecule has 36 nitrogen and oxygen atoms in total. The minimum Gasteiger partial charge on any atom is -0.445 e. The number of anilines is 3. The lowest BCUT2D eigenvalue weighted by atomic mass is 10.0. The van der Waals surface area contributed by atoms with Crippen molar-refractivity contribution in [3.8, 4) is 0 Å². The number of rotatable bonds is 18. The number of aliphatic hydroxyl groups excluding tert-OH is 1. The van der Waals surface area contributed by atoms with Gasteiger partial charge in [0.1, 0.15) is 55.0 Å². The maximum absolute atomic E-state index is 14.0. The van der Waals surface area contributed by atoms with Crippen LogP contribution in [0.1, 0.15) is 44.7 Å². The van der Waals surface area contributed by atoms with E-state index in [0.29, 0.717) is 17.7 Å². The molecule has 83 heavy (non-hydrogen) atoms. The van der Waals surface area contributed by atoms with E-state index in [1.165, 1.54) is 25.0 Å². The van der Waals surface area contributed by atoms with Crippen LogP contribution < -0.4 is 44.0 Å². The number of aliphatic hydroxyl groups is 1. The van der Waals surface area contributed by atoms with E-state index in [1.54, 1.807) is 31.3 Å². The van der Waals surface area contributed by atoms with Crippen LogP contribution in [0.15, 0.2) is 48.0 Å². The van der Waals surface area contributed by atoms with Crippen molar-refractivity contribution in [3.63, 3.8) is 0 Å². The maximum Gasteiger partial charge on any atom is 0.472 e. The number of nitrogens with zero attached hydrogens (tertiary/aromatic N) is 9. The number of aromatic amines is 1. The molecule has 38 heteroatoms. The molecule has 7 heterocycles. The van der Waals surface area contributed by atoms with Gasteiger partial charge in [0.25, 0.3) is 5.56 Å². The number of urea groups is 1. The Morgan fingerprint density at radius 2 is 1.47 bits per heavy atom. The van der Waals surface area contributed by atoms with Crippen molar-refractivity contribution in [1.29, 1.82) is 0 Å². The lowest BCUT2D eigenvalue weighted by Crippen LogP contribution is -2.52. The number of hydrogen-bond acceptors (Lipinski definition) is 25. The van der Waals surface area contributed by atoms with Crippen molar-refractivity contribution in [2.24, 2.45) is 11.7 Å². The number of H-pyrrole nitrogens is 1. The van der Waals surface area contributed by atoms with Crippen LogP contribution in [-0.4, -0.2) is 196 Å². The predicted molar refractivity (Wildman–Crippen MR) is 285 cm³/mol. The van der Waals surface area contributed by atoms with Crippen LogP contribution in [0.4, 0.5) is 31.8 Å². The van der Waals surface area contributed by atoms with Crippen LogP contribution in [0.25, 0.3) is 22.3 Å². The normalized spacial score (nSPS) is 26.2. The lowest BCUT2D eigenvalue weighted by Gasteiger charge is -2.30. The van der Waals surface area contributed by atoms with Crippen molar-refractivity contribution in [2.75, 3.05) is 70.8 Å². The first-order valence-corrected chi connectivity index (χ1v) is 28.5. The van der Waals surface area contributed by atoms with Crippen LogP contribution in [0.2, 0.25) is 0 Å². The summed E-state index contributed by atoms with van der Waals surface area (Å²) >= 11 is 0. The maximum atomic E-state index is 14.0. The van der Waals surface area contributed by atoms with Gasteiger partial charge in [-0.1, -0.05) is 26.0 Å². The number of phosphoric ester groups is 2. The molecule has 3 aliphatic heterocycles. The van der Waals surface area contributed by atoms with E-state index < -0.39 is 120 Å². The third kappa shape index (κ3) is 14.7. The summed E-state index contributed by atoms with van der Waals surface area (Å²) in [6, 6.07) is 4.10. The summed E-state index contributed by atoms with van der Waals surface area (Å²) in [6.07, 6.45) is -11.8. The van der Waals surface area contributed by atoms with Crippen LogP contribution >= 0.6 is 15.6 Å². The molecule has 0 bridgehead atoms. The smallest absolute Gasteiger partial charge is 0.445 e. The highest BCUT2D eigenvalue weighted by Crippen LogP contribution is 2.54. The largest absolute Gasteiger partial charge is 0.472 e. The molecule has 4 aromatic heterocycles. The van der Waals surface area contributed by atoms with E-state index in [4.69, 9.17) is 54.2 Å². The number of carbonyl (C=O) groups excluding carboxylic acids is 5. The molecule has 1 aromatic carbocycles. The van der Waals surface area contributed by atoms with Crippen LogP contribution in [0, 0.1) is 5.92 Å². The molecule has 3 saturated heterocycles. The van der Waals surface area contributed by atoms with E-state index >= 15 is 0 Å². The Labute approximate surface area is 470 Å².